The Labute approximate surface area is 166 Å². The molecule has 3 amide bonds. The molecule has 27 heavy (non-hydrogen) atoms. The summed E-state index contributed by atoms with van der Waals surface area (Å²) in [6.45, 7) is 7.40. The third-order valence-electron chi connectivity index (χ3n) is 5.54. The predicted molar refractivity (Wildman–Crippen MR) is 108 cm³/mol. The summed E-state index contributed by atoms with van der Waals surface area (Å²) in [6.07, 6.45) is 3.25. The lowest BCUT2D eigenvalue weighted by atomic mass is 10.0. The quantitative estimate of drug-likeness (QED) is 0.860. The van der Waals surface area contributed by atoms with Crippen LogP contribution in [-0.4, -0.2) is 66.5 Å². The van der Waals surface area contributed by atoms with Gasteiger partial charge in [0.1, 0.15) is 6.04 Å². The van der Waals surface area contributed by atoms with Crippen LogP contribution in [0.15, 0.2) is 24.3 Å². The molecule has 0 aliphatic carbocycles. The van der Waals surface area contributed by atoms with Gasteiger partial charge in [0.25, 0.3) is 0 Å². The summed E-state index contributed by atoms with van der Waals surface area (Å²) in [7, 11) is 0. The van der Waals surface area contributed by atoms with Crippen molar-refractivity contribution < 1.29 is 9.59 Å². The van der Waals surface area contributed by atoms with Crippen LogP contribution in [0, 0.1) is 0 Å². The number of piperidine rings is 1. The van der Waals surface area contributed by atoms with Gasteiger partial charge in [-0.05, 0) is 51.3 Å². The topological polar surface area (TPSA) is 55.9 Å². The van der Waals surface area contributed by atoms with Crippen LogP contribution in [0.2, 0.25) is 5.02 Å². The molecule has 2 atom stereocenters. The number of nitrogens with zero attached hydrogens (tertiary/aromatic N) is 3. The van der Waals surface area contributed by atoms with Crippen LogP contribution in [0.4, 0.5) is 10.5 Å². The zero-order chi connectivity index (χ0) is 19.4. The summed E-state index contributed by atoms with van der Waals surface area (Å²) in [4.78, 5) is 31.2. The van der Waals surface area contributed by atoms with Gasteiger partial charge >= 0.3 is 6.03 Å². The van der Waals surface area contributed by atoms with Crippen molar-refractivity contribution in [2.45, 2.75) is 45.2 Å². The number of hydrogen-bond donors (Lipinski definition) is 1. The molecule has 0 spiro atoms. The molecule has 0 bridgehead atoms. The molecule has 1 aromatic carbocycles. The molecule has 2 unspecified atom stereocenters. The fourth-order valence-corrected chi connectivity index (χ4v) is 4.04. The Morgan fingerprint density at radius 3 is 2.56 bits per heavy atom. The number of carbonyl (C=O) groups is 2. The molecule has 7 heteroatoms. The van der Waals surface area contributed by atoms with Gasteiger partial charge in [-0.3, -0.25) is 4.79 Å². The first-order valence-electron chi connectivity index (χ1n) is 9.82. The van der Waals surface area contributed by atoms with Crippen molar-refractivity contribution in [3.63, 3.8) is 0 Å². The van der Waals surface area contributed by atoms with Crippen molar-refractivity contribution >= 4 is 29.2 Å². The minimum absolute atomic E-state index is 0.0214. The zero-order valence-corrected chi connectivity index (χ0v) is 16.9. The summed E-state index contributed by atoms with van der Waals surface area (Å²) < 4.78 is 0. The van der Waals surface area contributed by atoms with Gasteiger partial charge in [0.05, 0.1) is 0 Å². The lowest BCUT2D eigenvalue weighted by Gasteiger charge is -2.38. The molecule has 0 saturated carbocycles. The molecule has 1 N–H and O–H groups in total. The molecule has 1 aromatic rings. The maximum Gasteiger partial charge on any atom is 0.318 e. The zero-order valence-electron chi connectivity index (χ0n) is 16.2. The largest absolute Gasteiger partial charge is 0.368 e. The summed E-state index contributed by atoms with van der Waals surface area (Å²) in [6, 6.07) is 7.36. The first-order valence-corrected chi connectivity index (χ1v) is 10.2. The molecule has 3 rings (SSSR count). The number of rotatable bonds is 3. The van der Waals surface area contributed by atoms with Gasteiger partial charge in [-0.1, -0.05) is 17.7 Å². The Kier molecular flexibility index (Phi) is 6.47. The molecular formula is C20H29ClN4O2. The Balaban J connectivity index is 1.49. The predicted octanol–water partition coefficient (Wildman–Crippen LogP) is 2.96. The fourth-order valence-electron chi connectivity index (χ4n) is 3.85. The van der Waals surface area contributed by atoms with Crippen molar-refractivity contribution in [2.75, 3.05) is 37.6 Å². The van der Waals surface area contributed by atoms with E-state index in [9.17, 15) is 9.59 Å². The number of urea groups is 1. The van der Waals surface area contributed by atoms with Crippen LogP contribution >= 0.6 is 11.6 Å². The minimum Gasteiger partial charge on any atom is -0.368 e. The van der Waals surface area contributed by atoms with E-state index in [1.807, 2.05) is 29.2 Å². The SMILES string of the molecule is CC(NC(=O)N1CCN(c2cccc(Cl)c2)CC1)C(=O)N1CCCCC1C. The number of piperazine rings is 1. The Hall–Kier alpha value is -1.95. The summed E-state index contributed by atoms with van der Waals surface area (Å²) >= 11 is 6.07. The number of halogens is 1. The molecule has 6 nitrogen and oxygen atoms in total. The Morgan fingerprint density at radius 2 is 1.89 bits per heavy atom. The highest BCUT2D eigenvalue weighted by molar-refractivity contribution is 6.30. The van der Waals surface area contributed by atoms with Gasteiger partial charge in [0, 0.05) is 49.5 Å². The second-order valence-electron chi connectivity index (χ2n) is 7.50. The van der Waals surface area contributed by atoms with E-state index >= 15 is 0 Å². The van der Waals surface area contributed by atoms with Crippen molar-refractivity contribution in [3.8, 4) is 0 Å². The van der Waals surface area contributed by atoms with Crippen molar-refractivity contribution in [1.82, 2.24) is 15.1 Å². The van der Waals surface area contributed by atoms with Crippen LogP contribution in [0.3, 0.4) is 0 Å². The normalized spacial score (nSPS) is 21.7. The second-order valence-corrected chi connectivity index (χ2v) is 7.94. The van der Waals surface area contributed by atoms with E-state index < -0.39 is 6.04 Å². The van der Waals surface area contributed by atoms with E-state index in [-0.39, 0.29) is 18.0 Å². The maximum atomic E-state index is 12.7. The highest BCUT2D eigenvalue weighted by Gasteiger charge is 2.29. The van der Waals surface area contributed by atoms with E-state index in [2.05, 4.69) is 17.1 Å². The van der Waals surface area contributed by atoms with Crippen LogP contribution in [-0.2, 0) is 4.79 Å². The second kappa shape index (κ2) is 8.83. The van der Waals surface area contributed by atoms with Crippen LogP contribution in [0.1, 0.15) is 33.1 Å². The average Bonchev–Trinajstić information content (AvgIpc) is 2.68. The minimum atomic E-state index is -0.496. The smallest absolute Gasteiger partial charge is 0.318 e. The standard InChI is InChI=1S/C20H29ClN4O2/c1-15-6-3-4-9-25(15)19(26)16(2)22-20(27)24-12-10-23(11-13-24)18-8-5-7-17(21)14-18/h5,7-8,14-16H,3-4,6,9-13H2,1-2H3,(H,22,27). The van der Waals surface area contributed by atoms with Gasteiger partial charge < -0.3 is 20.0 Å². The molecule has 2 heterocycles. The first-order chi connectivity index (χ1) is 13.0. The number of benzene rings is 1. The summed E-state index contributed by atoms with van der Waals surface area (Å²) in [5.41, 5.74) is 1.07. The average molecular weight is 393 g/mol. The van der Waals surface area contributed by atoms with E-state index in [1.165, 1.54) is 6.42 Å². The van der Waals surface area contributed by atoms with Gasteiger partial charge in [0.15, 0.2) is 0 Å². The van der Waals surface area contributed by atoms with Crippen LogP contribution in [0.25, 0.3) is 0 Å². The Bertz CT molecular complexity index is 676. The lowest BCUT2D eigenvalue weighted by Crippen LogP contribution is -2.57. The number of nitrogens with one attached hydrogen (secondary N) is 1. The van der Waals surface area contributed by atoms with Crippen LogP contribution < -0.4 is 10.2 Å². The molecule has 0 radical (unpaired) electrons. The van der Waals surface area contributed by atoms with Crippen molar-refractivity contribution in [3.05, 3.63) is 29.3 Å². The highest BCUT2D eigenvalue weighted by Crippen LogP contribution is 2.21. The monoisotopic (exact) mass is 392 g/mol. The van der Waals surface area contributed by atoms with Crippen LogP contribution in [0.5, 0.6) is 0 Å². The third kappa shape index (κ3) is 4.86. The van der Waals surface area contributed by atoms with Crippen molar-refractivity contribution in [1.29, 1.82) is 0 Å². The fraction of sp³-hybridized carbons (Fsp3) is 0.600. The number of anilines is 1. The number of hydrogen-bond acceptors (Lipinski definition) is 3. The Morgan fingerprint density at radius 1 is 1.15 bits per heavy atom. The molecule has 2 saturated heterocycles. The van der Waals surface area contributed by atoms with Gasteiger partial charge in [-0.2, -0.15) is 0 Å². The van der Waals surface area contributed by atoms with Gasteiger partial charge in [0.2, 0.25) is 5.91 Å². The van der Waals surface area contributed by atoms with E-state index in [1.54, 1.807) is 11.8 Å². The molecule has 148 valence electrons. The highest BCUT2D eigenvalue weighted by atomic mass is 35.5. The molecule has 0 aromatic heterocycles. The third-order valence-corrected chi connectivity index (χ3v) is 5.77. The molecule has 2 fully saturated rings. The molecule has 2 aliphatic heterocycles. The summed E-state index contributed by atoms with van der Waals surface area (Å²) in [5, 5.41) is 3.60. The lowest BCUT2D eigenvalue weighted by molar-refractivity contribution is -0.136. The van der Waals surface area contributed by atoms with Gasteiger partial charge in [-0.25, -0.2) is 4.79 Å². The molecule has 2 aliphatic rings. The summed E-state index contributed by atoms with van der Waals surface area (Å²) in [5.74, 6) is 0.0214. The first kappa shape index (κ1) is 19.8. The van der Waals surface area contributed by atoms with E-state index in [0.29, 0.717) is 18.1 Å². The number of likely N-dealkylation sites (tertiary alicyclic amines) is 1. The van der Waals surface area contributed by atoms with E-state index in [0.717, 1.165) is 38.2 Å². The maximum absolute atomic E-state index is 12.7. The number of carbonyl (C=O) groups excluding carboxylic acids is 2. The van der Waals surface area contributed by atoms with E-state index in [4.69, 9.17) is 11.6 Å². The van der Waals surface area contributed by atoms with Gasteiger partial charge in [-0.15, -0.1) is 0 Å². The number of amides is 3. The van der Waals surface area contributed by atoms with Crippen molar-refractivity contribution in [2.24, 2.45) is 0 Å². The molecular weight excluding hydrogens is 364 g/mol.